The summed E-state index contributed by atoms with van der Waals surface area (Å²) < 4.78 is 11.3. The van der Waals surface area contributed by atoms with Crippen molar-refractivity contribution in [1.82, 2.24) is 19.7 Å². The Morgan fingerprint density at radius 3 is 2.58 bits per heavy atom. The van der Waals surface area contributed by atoms with Crippen molar-refractivity contribution in [3.8, 4) is 11.5 Å². The van der Waals surface area contributed by atoms with Gasteiger partial charge >= 0.3 is 5.97 Å². The predicted molar refractivity (Wildman–Crippen MR) is 93.6 cm³/mol. The molecule has 0 atom stereocenters. The number of hydrogen-bond acceptors (Lipinski definition) is 7. The lowest BCUT2D eigenvalue weighted by Gasteiger charge is -2.01. The van der Waals surface area contributed by atoms with Crippen molar-refractivity contribution in [3.05, 3.63) is 48.4 Å². The van der Waals surface area contributed by atoms with E-state index in [-0.39, 0.29) is 17.1 Å². The minimum Gasteiger partial charge on any atom is -0.464 e. The lowest BCUT2D eigenvalue weighted by molar-refractivity contribution is 0.0594. The summed E-state index contributed by atoms with van der Waals surface area (Å²) in [6.07, 6.45) is 5.92. The first-order valence-electron chi connectivity index (χ1n) is 7.87. The number of carbonyl (C=O) groups excluding carboxylic acids is 2. The van der Waals surface area contributed by atoms with Crippen LogP contribution in [0, 0.1) is 0 Å². The molecule has 0 radical (unpaired) electrons. The molecule has 3 aromatic rings. The molecule has 26 heavy (non-hydrogen) atoms. The van der Waals surface area contributed by atoms with E-state index < -0.39 is 11.9 Å². The number of carbonyl (C=O) groups is 2. The molecular weight excluding hydrogens is 338 g/mol. The van der Waals surface area contributed by atoms with Gasteiger partial charge in [-0.15, -0.1) is 0 Å². The number of rotatable bonds is 4. The summed E-state index contributed by atoms with van der Waals surface area (Å²) in [4.78, 5) is 32.0. The zero-order valence-electron chi connectivity index (χ0n) is 14.9. The van der Waals surface area contributed by atoms with E-state index in [1.807, 2.05) is 13.8 Å². The highest BCUT2D eigenvalue weighted by molar-refractivity contribution is 6.06. The first-order valence-corrected chi connectivity index (χ1v) is 7.87. The SMILES string of the molecule is CC.COC(=O)c1nn(C)cc1NC(=O)c1coc(-c2ccncc2)n1. The Labute approximate surface area is 150 Å². The average molecular weight is 357 g/mol. The maximum absolute atomic E-state index is 12.3. The van der Waals surface area contributed by atoms with Crippen molar-refractivity contribution in [2.24, 2.45) is 7.05 Å². The highest BCUT2D eigenvalue weighted by atomic mass is 16.5. The van der Waals surface area contributed by atoms with Gasteiger partial charge in [0.1, 0.15) is 6.26 Å². The number of anilines is 1. The second kappa shape index (κ2) is 8.56. The van der Waals surface area contributed by atoms with Gasteiger partial charge in [-0.2, -0.15) is 5.10 Å². The highest BCUT2D eigenvalue weighted by Gasteiger charge is 2.20. The molecule has 0 bridgehead atoms. The van der Waals surface area contributed by atoms with E-state index in [4.69, 9.17) is 4.42 Å². The third-order valence-electron chi connectivity index (χ3n) is 3.12. The smallest absolute Gasteiger partial charge is 0.360 e. The molecule has 0 saturated carbocycles. The minimum absolute atomic E-state index is 0.00574. The van der Waals surface area contributed by atoms with Crippen molar-refractivity contribution in [2.45, 2.75) is 13.8 Å². The van der Waals surface area contributed by atoms with Gasteiger partial charge in [-0.3, -0.25) is 14.5 Å². The maximum atomic E-state index is 12.3. The van der Waals surface area contributed by atoms with E-state index in [0.29, 0.717) is 11.5 Å². The highest BCUT2D eigenvalue weighted by Crippen LogP contribution is 2.19. The van der Waals surface area contributed by atoms with Crippen LogP contribution >= 0.6 is 0 Å². The molecular formula is C17H19N5O4. The standard InChI is InChI=1S/C15H13N5O4.C2H6/c1-20-7-10(12(19-20)15(22)23-2)17-13(21)11-8-24-14(18-11)9-3-5-16-6-4-9;1-2/h3-8H,1-2H3,(H,17,21);1-2H3. The fourth-order valence-corrected chi connectivity index (χ4v) is 2.02. The number of nitrogens with one attached hydrogen (secondary N) is 1. The Balaban J connectivity index is 0.00000117. The normalized spacial score (nSPS) is 9.85. The largest absolute Gasteiger partial charge is 0.464 e. The summed E-state index contributed by atoms with van der Waals surface area (Å²) in [5, 5.41) is 6.53. The second-order valence-corrected chi connectivity index (χ2v) is 4.78. The zero-order valence-corrected chi connectivity index (χ0v) is 14.9. The third-order valence-corrected chi connectivity index (χ3v) is 3.12. The lowest BCUT2D eigenvalue weighted by atomic mass is 10.3. The van der Waals surface area contributed by atoms with Crippen LogP contribution in [-0.2, 0) is 11.8 Å². The van der Waals surface area contributed by atoms with Crippen molar-refractivity contribution in [3.63, 3.8) is 0 Å². The monoisotopic (exact) mass is 357 g/mol. The molecule has 0 saturated heterocycles. The number of nitrogens with zero attached hydrogens (tertiary/aromatic N) is 4. The minimum atomic E-state index is -0.650. The molecule has 0 fully saturated rings. The number of ether oxygens (including phenoxy) is 1. The number of pyridine rings is 1. The van der Waals surface area contributed by atoms with Crippen LogP contribution in [0.2, 0.25) is 0 Å². The quantitative estimate of drug-likeness (QED) is 0.714. The van der Waals surface area contributed by atoms with Crippen molar-refractivity contribution < 1.29 is 18.7 Å². The Morgan fingerprint density at radius 1 is 1.23 bits per heavy atom. The Hall–Kier alpha value is -3.49. The summed E-state index contributed by atoms with van der Waals surface area (Å²) in [5.41, 5.74) is 0.996. The maximum Gasteiger partial charge on any atom is 0.360 e. The number of esters is 1. The van der Waals surface area contributed by atoms with Crippen molar-refractivity contribution >= 4 is 17.6 Å². The van der Waals surface area contributed by atoms with Gasteiger partial charge in [0.2, 0.25) is 5.89 Å². The van der Waals surface area contributed by atoms with Gasteiger partial charge < -0.3 is 14.5 Å². The van der Waals surface area contributed by atoms with E-state index >= 15 is 0 Å². The molecule has 136 valence electrons. The fraction of sp³-hybridized carbons (Fsp3) is 0.235. The number of methoxy groups -OCH3 is 1. The zero-order chi connectivity index (χ0) is 19.1. The molecule has 9 heteroatoms. The molecule has 0 spiro atoms. The van der Waals surface area contributed by atoms with E-state index in [0.717, 1.165) is 0 Å². The average Bonchev–Trinajstić information content (AvgIpc) is 3.30. The van der Waals surface area contributed by atoms with E-state index in [2.05, 4.69) is 25.1 Å². The molecule has 1 N–H and O–H groups in total. The summed E-state index contributed by atoms with van der Waals surface area (Å²) in [5.74, 6) is -0.886. The number of aryl methyl sites for hydroxylation is 1. The summed E-state index contributed by atoms with van der Waals surface area (Å²) in [7, 11) is 2.86. The topological polar surface area (TPSA) is 112 Å². The molecule has 3 heterocycles. The number of aromatic nitrogens is 4. The van der Waals surface area contributed by atoms with Crippen LogP contribution in [0.3, 0.4) is 0 Å². The van der Waals surface area contributed by atoms with Crippen LogP contribution in [0.1, 0.15) is 34.8 Å². The molecule has 0 aliphatic rings. The Bertz CT molecular complexity index is 886. The van der Waals surface area contributed by atoms with Crippen LogP contribution in [0.15, 0.2) is 41.4 Å². The van der Waals surface area contributed by atoms with Crippen LogP contribution in [0.5, 0.6) is 0 Å². The van der Waals surface area contributed by atoms with Crippen molar-refractivity contribution in [2.75, 3.05) is 12.4 Å². The molecule has 3 rings (SSSR count). The van der Waals surface area contributed by atoms with Crippen molar-refractivity contribution in [1.29, 1.82) is 0 Å². The second-order valence-electron chi connectivity index (χ2n) is 4.78. The summed E-state index contributed by atoms with van der Waals surface area (Å²) >= 11 is 0. The molecule has 0 aromatic carbocycles. The first-order chi connectivity index (χ1) is 12.6. The van der Waals surface area contributed by atoms with Gasteiger partial charge in [-0.1, -0.05) is 13.8 Å². The summed E-state index contributed by atoms with van der Waals surface area (Å²) in [6, 6.07) is 3.42. The van der Waals surface area contributed by atoms with Crippen LogP contribution in [0.4, 0.5) is 5.69 Å². The predicted octanol–water partition coefficient (Wildman–Crippen LogP) is 2.54. The number of oxazole rings is 1. The Kier molecular flexibility index (Phi) is 6.20. The molecule has 1 amide bonds. The molecule has 0 aliphatic carbocycles. The molecule has 3 aromatic heterocycles. The first kappa shape index (κ1) is 18.8. The van der Waals surface area contributed by atoms with Gasteiger partial charge in [0.25, 0.3) is 5.91 Å². The van der Waals surface area contributed by atoms with E-state index in [1.165, 1.54) is 24.3 Å². The van der Waals surface area contributed by atoms with Crippen LogP contribution in [-0.4, -0.2) is 38.7 Å². The van der Waals surface area contributed by atoms with Gasteiger partial charge in [0.05, 0.1) is 12.8 Å². The summed E-state index contributed by atoms with van der Waals surface area (Å²) in [6.45, 7) is 4.00. The molecule has 0 aliphatic heterocycles. The third kappa shape index (κ3) is 4.12. The van der Waals surface area contributed by atoms with Gasteiger partial charge in [-0.25, -0.2) is 9.78 Å². The van der Waals surface area contributed by atoms with E-state index in [1.54, 1.807) is 31.6 Å². The van der Waals surface area contributed by atoms with Gasteiger partial charge in [-0.05, 0) is 12.1 Å². The van der Waals surface area contributed by atoms with Gasteiger partial charge in [0, 0.05) is 31.2 Å². The molecule has 9 nitrogen and oxygen atoms in total. The number of amides is 1. The Morgan fingerprint density at radius 2 is 1.92 bits per heavy atom. The van der Waals surface area contributed by atoms with Crippen LogP contribution < -0.4 is 5.32 Å². The van der Waals surface area contributed by atoms with Gasteiger partial charge in [0.15, 0.2) is 11.4 Å². The van der Waals surface area contributed by atoms with E-state index in [9.17, 15) is 9.59 Å². The lowest BCUT2D eigenvalue weighted by Crippen LogP contribution is -2.15. The van der Waals surface area contributed by atoms with Crippen LogP contribution in [0.25, 0.3) is 11.5 Å². The number of hydrogen-bond donors (Lipinski definition) is 1. The fourth-order valence-electron chi connectivity index (χ4n) is 2.02. The molecule has 0 unspecified atom stereocenters.